The van der Waals surface area contributed by atoms with Gasteiger partial charge in [-0.25, -0.2) is 5.48 Å². The number of aryl methyl sites for hydroxylation is 1. The highest BCUT2D eigenvalue weighted by molar-refractivity contribution is 5.14. The Labute approximate surface area is 84.3 Å². The highest BCUT2D eigenvalue weighted by Crippen LogP contribution is 2.05. The van der Waals surface area contributed by atoms with Gasteiger partial charge in [0.05, 0.1) is 6.10 Å². The van der Waals surface area contributed by atoms with Crippen molar-refractivity contribution in [3.8, 4) is 0 Å². The van der Waals surface area contributed by atoms with Crippen molar-refractivity contribution in [2.45, 2.75) is 25.4 Å². The first-order valence-electron chi connectivity index (χ1n) is 4.92. The van der Waals surface area contributed by atoms with Crippen LogP contribution in [0.2, 0.25) is 0 Å². The second-order valence-electron chi connectivity index (χ2n) is 3.39. The van der Waals surface area contributed by atoms with Gasteiger partial charge >= 0.3 is 0 Å². The van der Waals surface area contributed by atoms with Crippen LogP contribution < -0.4 is 5.48 Å². The summed E-state index contributed by atoms with van der Waals surface area (Å²) in [6, 6.07) is 10.2. The Morgan fingerprint density at radius 3 is 2.57 bits per heavy atom. The number of hydrogen-bond acceptors (Lipinski definition) is 3. The lowest BCUT2D eigenvalue weighted by atomic mass is 10.1. The van der Waals surface area contributed by atoms with Gasteiger partial charge in [-0.2, -0.15) is 0 Å². The van der Waals surface area contributed by atoms with Crippen molar-refractivity contribution in [2.75, 3.05) is 6.54 Å². The summed E-state index contributed by atoms with van der Waals surface area (Å²) in [4.78, 5) is 0. The van der Waals surface area contributed by atoms with Crippen molar-refractivity contribution < 1.29 is 10.3 Å². The van der Waals surface area contributed by atoms with Gasteiger partial charge in [-0.3, -0.25) is 0 Å². The zero-order valence-electron chi connectivity index (χ0n) is 8.19. The van der Waals surface area contributed by atoms with E-state index >= 15 is 0 Å². The highest BCUT2D eigenvalue weighted by Gasteiger charge is 2.02. The van der Waals surface area contributed by atoms with Gasteiger partial charge in [0, 0.05) is 6.54 Å². The second-order valence-corrected chi connectivity index (χ2v) is 3.39. The molecule has 14 heavy (non-hydrogen) atoms. The number of aliphatic hydroxyl groups is 1. The van der Waals surface area contributed by atoms with Crippen LogP contribution in [0.4, 0.5) is 0 Å². The molecular formula is C11H17NO2. The van der Waals surface area contributed by atoms with E-state index in [4.69, 9.17) is 5.21 Å². The molecule has 3 nitrogen and oxygen atoms in total. The first-order valence-corrected chi connectivity index (χ1v) is 4.92. The smallest absolute Gasteiger partial charge is 0.0687 e. The third kappa shape index (κ3) is 4.37. The monoisotopic (exact) mass is 195 g/mol. The quantitative estimate of drug-likeness (QED) is 0.600. The van der Waals surface area contributed by atoms with Crippen LogP contribution >= 0.6 is 0 Å². The number of aliphatic hydroxyl groups excluding tert-OH is 1. The first-order chi connectivity index (χ1) is 6.83. The molecule has 0 saturated heterocycles. The van der Waals surface area contributed by atoms with E-state index in [9.17, 15) is 5.11 Å². The molecule has 3 heteroatoms. The van der Waals surface area contributed by atoms with Gasteiger partial charge in [-0.15, -0.1) is 0 Å². The lowest BCUT2D eigenvalue weighted by molar-refractivity contribution is 0.0861. The summed E-state index contributed by atoms with van der Waals surface area (Å²) in [5.41, 5.74) is 3.25. The zero-order valence-corrected chi connectivity index (χ0v) is 8.19. The number of hydrogen-bond donors (Lipinski definition) is 3. The fourth-order valence-corrected chi connectivity index (χ4v) is 1.39. The molecule has 0 spiro atoms. The van der Waals surface area contributed by atoms with Crippen LogP contribution in [-0.4, -0.2) is 23.0 Å². The van der Waals surface area contributed by atoms with Gasteiger partial charge in [0.25, 0.3) is 0 Å². The second kappa shape index (κ2) is 6.54. The maximum absolute atomic E-state index is 9.30. The zero-order chi connectivity index (χ0) is 10.2. The summed E-state index contributed by atoms with van der Waals surface area (Å²) in [5.74, 6) is 0. The van der Waals surface area contributed by atoms with Crippen molar-refractivity contribution >= 4 is 0 Å². The SMILES string of the molecule is ONCC(O)CCCc1ccccc1. The minimum atomic E-state index is -0.455. The fraction of sp³-hybridized carbons (Fsp3) is 0.455. The molecule has 0 amide bonds. The summed E-state index contributed by atoms with van der Waals surface area (Å²) in [7, 11) is 0. The average Bonchev–Trinajstić information content (AvgIpc) is 2.20. The van der Waals surface area contributed by atoms with Gasteiger partial charge in [0.15, 0.2) is 0 Å². The van der Waals surface area contributed by atoms with Crippen LogP contribution in [-0.2, 0) is 6.42 Å². The molecule has 0 bridgehead atoms. The molecule has 1 rings (SSSR count). The summed E-state index contributed by atoms with van der Waals surface area (Å²) in [5, 5.41) is 17.6. The lowest BCUT2D eigenvalue weighted by Crippen LogP contribution is -2.23. The molecule has 1 unspecified atom stereocenters. The van der Waals surface area contributed by atoms with E-state index in [0.29, 0.717) is 6.42 Å². The molecule has 0 heterocycles. The van der Waals surface area contributed by atoms with Crippen molar-refractivity contribution in [1.29, 1.82) is 0 Å². The Bertz CT molecular complexity index is 238. The largest absolute Gasteiger partial charge is 0.392 e. The minimum absolute atomic E-state index is 0.245. The maximum atomic E-state index is 9.30. The predicted molar refractivity (Wildman–Crippen MR) is 55.2 cm³/mol. The summed E-state index contributed by atoms with van der Waals surface area (Å²) in [6.07, 6.45) is 2.17. The minimum Gasteiger partial charge on any atom is -0.392 e. The normalized spacial score (nSPS) is 12.7. The van der Waals surface area contributed by atoms with Gasteiger partial charge in [-0.1, -0.05) is 30.3 Å². The van der Waals surface area contributed by atoms with E-state index in [1.54, 1.807) is 0 Å². The highest BCUT2D eigenvalue weighted by atomic mass is 16.5. The lowest BCUT2D eigenvalue weighted by Gasteiger charge is -2.08. The predicted octanol–water partition coefficient (Wildman–Crippen LogP) is 1.35. The molecule has 1 atom stereocenters. The fourth-order valence-electron chi connectivity index (χ4n) is 1.39. The molecule has 0 aliphatic rings. The Balaban J connectivity index is 2.16. The van der Waals surface area contributed by atoms with Crippen LogP contribution in [0, 0.1) is 0 Å². The van der Waals surface area contributed by atoms with Gasteiger partial charge in [-0.05, 0) is 24.8 Å². The van der Waals surface area contributed by atoms with Crippen molar-refractivity contribution in [3.05, 3.63) is 35.9 Å². The topological polar surface area (TPSA) is 52.5 Å². The Morgan fingerprint density at radius 1 is 1.21 bits per heavy atom. The standard InChI is InChI=1S/C11H17NO2/c13-11(9-12-14)8-4-7-10-5-2-1-3-6-10/h1-3,5-6,11-14H,4,7-9H2. The third-order valence-electron chi connectivity index (χ3n) is 2.17. The Hall–Kier alpha value is -0.900. The van der Waals surface area contributed by atoms with E-state index in [-0.39, 0.29) is 6.54 Å². The molecule has 0 aromatic heterocycles. The first kappa shape index (κ1) is 11.2. The number of hydroxylamine groups is 1. The number of nitrogens with one attached hydrogen (secondary N) is 1. The molecule has 0 aliphatic heterocycles. The van der Waals surface area contributed by atoms with Gasteiger partial charge < -0.3 is 10.3 Å². The Morgan fingerprint density at radius 2 is 1.93 bits per heavy atom. The van der Waals surface area contributed by atoms with Crippen LogP contribution in [0.5, 0.6) is 0 Å². The van der Waals surface area contributed by atoms with E-state index in [1.807, 2.05) is 23.7 Å². The third-order valence-corrected chi connectivity index (χ3v) is 2.17. The summed E-state index contributed by atoms with van der Waals surface area (Å²) < 4.78 is 0. The molecule has 3 N–H and O–H groups in total. The summed E-state index contributed by atoms with van der Waals surface area (Å²) >= 11 is 0. The van der Waals surface area contributed by atoms with E-state index in [0.717, 1.165) is 12.8 Å². The molecule has 0 fully saturated rings. The molecule has 1 aromatic carbocycles. The number of rotatable bonds is 6. The van der Waals surface area contributed by atoms with Crippen LogP contribution in [0.3, 0.4) is 0 Å². The Kier molecular flexibility index (Phi) is 5.22. The van der Waals surface area contributed by atoms with E-state index in [2.05, 4.69) is 12.1 Å². The number of benzene rings is 1. The van der Waals surface area contributed by atoms with E-state index in [1.165, 1.54) is 5.56 Å². The van der Waals surface area contributed by atoms with Gasteiger partial charge in [0.1, 0.15) is 0 Å². The molecular weight excluding hydrogens is 178 g/mol. The van der Waals surface area contributed by atoms with Crippen LogP contribution in [0.25, 0.3) is 0 Å². The summed E-state index contributed by atoms with van der Waals surface area (Å²) in [6.45, 7) is 0.245. The molecule has 78 valence electrons. The van der Waals surface area contributed by atoms with Crippen LogP contribution in [0.15, 0.2) is 30.3 Å². The maximum Gasteiger partial charge on any atom is 0.0687 e. The van der Waals surface area contributed by atoms with Crippen LogP contribution in [0.1, 0.15) is 18.4 Å². The molecule has 0 radical (unpaired) electrons. The van der Waals surface area contributed by atoms with Crippen molar-refractivity contribution in [2.24, 2.45) is 0 Å². The van der Waals surface area contributed by atoms with Crippen molar-refractivity contribution in [1.82, 2.24) is 5.48 Å². The molecule has 1 aromatic rings. The van der Waals surface area contributed by atoms with Gasteiger partial charge in [0.2, 0.25) is 0 Å². The molecule has 0 aliphatic carbocycles. The van der Waals surface area contributed by atoms with Crippen molar-refractivity contribution in [3.63, 3.8) is 0 Å². The molecule has 0 saturated carbocycles. The average molecular weight is 195 g/mol. The van der Waals surface area contributed by atoms with E-state index < -0.39 is 6.10 Å².